The number of hydrogen-bond donors (Lipinski definition) is 0. The van der Waals surface area contributed by atoms with E-state index in [-0.39, 0.29) is 16.2 Å². The Balaban J connectivity index is 1.75. The van der Waals surface area contributed by atoms with Gasteiger partial charge in [0.1, 0.15) is 11.4 Å². The van der Waals surface area contributed by atoms with Crippen LogP contribution in [0.2, 0.25) is 0 Å². The highest BCUT2D eigenvalue weighted by atomic mass is 32.1. The molecule has 9 heteroatoms. The van der Waals surface area contributed by atoms with Crippen LogP contribution in [0.1, 0.15) is 11.3 Å². The highest BCUT2D eigenvalue weighted by Gasteiger charge is 2.14. The fourth-order valence-electron chi connectivity index (χ4n) is 2.94. The lowest BCUT2D eigenvalue weighted by Crippen LogP contribution is -2.27. The number of hydrogen-bond acceptors (Lipinski definition) is 7. The van der Waals surface area contributed by atoms with E-state index >= 15 is 0 Å². The maximum atomic E-state index is 12.8. The van der Waals surface area contributed by atoms with Gasteiger partial charge in [-0.1, -0.05) is 35.6 Å². The number of rotatable bonds is 3. The van der Waals surface area contributed by atoms with Crippen LogP contribution in [0.5, 0.6) is 0 Å². The fourth-order valence-corrected chi connectivity index (χ4v) is 4.56. The SMILES string of the molecule is Cc1nn2c(=O)c(=Cc3cn(-c4ccccc4)nc3-c3cccs3)sc2nc1=O. The molecule has 0 bridgehead atoms. The third-order valence-electron chi connectivity index (χ3n) is 4.35. The van der Waals surface area contributed by atoms with E-state index in [0.717, 1.165) is 33.2 Å². The number of thiophene rings is 1. The Hall–Kier alpha value is -3.43. The second-order valence-corrected chi connectivity index (χ2v) is 8.26. The first-order valence-electron chi connectivity index (χ1n) is 8.71. The number of thiazole rings is 1. The van der Waals surface area contributed by atoms with E-state index in [1.165, 1.54) is 4.52 Å². The molecule has 29 heavy (non-hydrogen) atoms. The summed E-state index contributed by atoms with van der Waals surface area (Å²) in [6.07, 6.45) is 3.68. The first kappa shape index (κ1) is 17.7. The smallest absolute Gasteiger partial charge is 0.266 e. The quantitative estimate of drug-likeness (QED) is 0.448. The lowest BCUT2D eigenvalue weighted by atomic mass is 10.2. The Morgan fingerprint density at radius 1 is 1.03 bits per heavy atom. The van der Waals surface area contributed by atoms with Crippen molar-refractivity contribution in [3.8, 4) is 16.3 Å². The minimum absolute atomic E-state index is 0.195. The summed E-state index contributed by atoms with van der Waals surface area (Å²) in [7, 11) is 0. The van der Waals surface area contributed by atoms with Crippen LogP contribution in [0.25, 0.3) is 27.3 Å². The lowest BCUT2D eigenvalue weighted by molar-refractivity contribution is 0.833. The maximum absolute atomic E-state index is 12.8. The molecule has 142 valence electrons. The molecule has 7 nitrogen and oxygen atoms in total. The summed E-state index contributed by atoms with van der Waals surface area (Å²) in [6.45, 7) is 1.54. The highest BCUT2D eigenvalue weighted by molar-refractivity contribution is 7.15. The zero-order valence-electron chi connectivity index (χ0n) is 15.1. The minimum Gasteiger partial charge on any atom is -0.266 e. The van der Waals surface area contributed by atoms with Crippen LogP contribution in [0.15, 0.2) is 63.6 Å². The Morgan fingerprint density at radius 3 is 2.62 bits per heavy atom. The van der Waals surface area contributed by atoms with Crippen LogP contribution in [0.3, 0.4) is 0 Å². The van der Waals surface area contributed by atoms with Crippen LogP contribution >= 0.6 is 22.7 Å². The molecule has 0 radical (unpaired) electrons. The molecular weight excluding hydrogens is 406 g/mol. The van der Waals surface area contributed by atoms with Crippen molar-refractivity contribution in [1.82, 2.24) is 24.4 Å². The van der Waals surface area contributed by atoms with E-state index in [9.17, 15) is 9.59 Å². The molecule has 0 atom stereocenters. The molecule has 0 N–H and O–H groups in total. The molecule has 0 spiro atoms. The molecule has 4 heterocycles. The largest absolute Gasteiger partial charge is 0.295 e. The molecule has 4 aromatic heterocycles. The first-order valence-corrected chi connectivity index (χ1v) is 10.4. The average molecular weight is 419 g/mol. The van der Waals surface area contributed by atoms with Gasteiger partial charge in [-0.05, 0) is 36.6 Å². The number of fused-ring (bicyclic) bond motifs is 1. The molecule has 5 rings (SSSR count). The van der Waals surface area contributed by atoms with Gasteiger partial charge in [0.2, 0.25) is 4.96 Å². The molecule has 0 aliphatic carbocycles. The standard InChI is InChI=1S/C20H13N5O2S2/c1-12-18(26)21-20-25(22-12)19(27)16(29-20)10-13-11-24(14-6-3-2-4-7-14)23-17(13)15-8-5-9-28-15/h2-11H,1H3. The van der Waals surface area contributed by atoms with Crippen molar-refractivity contribution in [2.75, 3.05) is 0 Å². The van der Waals surface area contributed by atoms with E-state index in [1.807, 2.05) is 54.0 Å². The van der Waals surface area contributed by atoms with Crippen LogP contribution in [0, 0.1) is 6.92 Å². The van der Waals surface area contributed by atoms with E-state index in [4.69, 9.17) is 5.10 Å². The van der Waals surface area contributed by atoms with Crippen LogP contribution in [-0.2, 0) is 0 Å². The molecule has 1 aromatic carbocycles. The lowest BCUT2D eigenvalue weighted by Gasteiger charge is -1.99. The Morgan fingerprint density at radius 2 is 1.86 bits per heavy atom. The predicted molar refractivity (Wildman–Crippen MR) is 114 cm³/mol. The molecule has 0 aliphatic heterocycles. The molecule has 5 aromatic rings. The number of para-hydroxylation sites is 1. The number of aryl methyl sites for hydroxylation is 1. The average Bonchev–Trinajstić information content (AvgIpc) is 3.45. The van der Waals surface area contributed by atoms with Gasteiger partial charge in [-0.3, -0.25) is 9.59 Å². The summed E-state index contributed by atoms with van der Waals surface area (Å²) < 4.78 is 3.42. The summed E-state index contributed by atoms with van der Waals surface area (Å²) in [4.78, 5) is 29.8. The Kier molecular flexibility index (Phi) is 4.18. The molecule has 0 saturated heterocycles. The van der Waals surface area contributed by atoms with Crippen molar-refractivity contribution in [2.45, 2.75) is 6.92 Å². The number of nitrogens with zero attached hydrogens (tertiary/aromatic N) is 5. The van der Waals surface area contributed by atoms with Gasteiger partial charge in [-0.25, -0.2) is 4.68 Å². The Bertz CT molecular complexity index is 1500. The predicted octanol–water partition coefficient (Wildman–Crippen LogP) is 2.28. The van der Waals surface area contributed by atoms with Gasteiger partial charge < -0.3 is 0 Å². The molecule has 0 fully saturated rings. The monoisotopic (exact) mass is 419 g/mol. The maximum Gasteiger partial charge on any atom is 0.295 e. The third-order valence-corrected chi connectivity index (χ3v) is 6.18. The van der Waals surface area contributed by atoms with Gasteiger partial charge in [-0.15, -0.1) is 11.3 Å². The topological polar surface area (TPSA) is 82.2 Å². The highest BCUT2D eigenvalue weighted by Crippen LogP contribution is 2.28. The van der Waals surface area contributed by atoms with Crippen LogP contribution in [0.4, 0.5) is 0 Å². The zero-order valence-corrected chi connectivity index (χ0v) is 16.8. The summed E-state index contributed by atoms with van der Waals surface area (Å²) >= 11 is 2.72. The van der Waals surface area contributed by atoms with Crippen molar-refractivity contribution in [3.05, 3.63) is 90.5 Å². The number of aromatic nitrogens is 5. The summed E-state index contributed by atoms with van der Waals surface area (Å²) in [6, 6.07) is 13.7. The van der Waals surface area contributed by atoms with Crippen molar-refractivity contribution in [1.29, 1.82) is 0 Å². The van der Waals surface area contributed by atoms with Crippen molar-refractivity contribution < 1.29 is 0 Å². The van der Waals surface area contributed by atoms with E-state index in [1.54, 1.807) is 29.0 Å². The molecule has 0 unspecified atom stereocenters. The summed E-state index contributed by atoms with van der Waals surface area (Å²) in [5.41, 5.74) is 1.99. The molecule has 0 saturated carbocycles. The third kappa shape index (κ3) is 3.10. The molecule has 0 amide bonds. The molecular formula is C20H13N5O2S2. The van der Waals surface area contributed by atoms with Gasteiger partial charge in [0.15, 0.2) is 0 Å². The van der Waals surface area contributed by atoms with Crippen molar-refractivity contribution in [3.63, 3.8) is 0 Å². The fraction of sp³-hybridized carbons (Fsp3) is 0.0500. The van der Waals surface area contributed by atoms with Crippen molar-refractivity contribution >= 4 is 33.7 Å². The molecule has 0 aliphatic rings. The van der Waals surface area contributed by atoms with Crippen LogP contribution in [-0.4, -0.2) is 24.4 Å². The Labute approximate surface area is 171 Å². The second-order valence-electron chi connectivity index (χ2n) is 6.30. The van der Waals surface area contributed by atoms with Crippen molar-refractivity contribution in [2.24, 2.45) is 0 Å². The van der Waals surface area contributed by atoms with Gasteiger partial charge in [-0.2, -0.15) is 19.7 Å². The number of benzene rings is 1. The summed E-state index contributed by atoms with van der Waals surface area (Å²) in [5.74, 6) is 0. The summed E-state index contributed by atoms with van der Waals surface area (Å²) in [5, 5.41) is 10.8. The van der Waals surface area contributed by atoms with E-state index in [2.05, 4.69) is 10.1 Å². The van der Waals surface area contributed by atoms with Gasteiger partial charge in [0, 0.05) is 11.8 Å². The minimum atomic E-state index is -0.422. The van der Waals surface area contributed by atoms with E-state index < -0.39 is 5.56 Å². The van der Waals surface area contributed by atoms with Gasteiger partial charge >= 0.3 is 0 Å². The first-order chi connectivity index (χ1) is 14.1. The second kappa shape index (κ2) is 6.87. The normalized spacial score (nSPS) is 12.1. The zero-order chi connectivity index (χ0) is 20.0. The van der Waals surface area contributed by atoms with Gasteiger partial charge in [0.05, 0.1) is 15.1 Å². The van der Waals surface area contributed by atoms with Crippen LogP contribution < -0.4 is 15.7 Å². The van der Waals surface area contributed by atoms with Gasteiger partial charge in [0.25, 0.3) is 11.1 Å². The van der Waals surface area contributed by atoms with E-state index in [0.29, 0.717) is 4.53 Å².